The molecule has 0 bridgehead atoms. The molecule has 3 heterocycles. The number of hydrogen-bond acceptors (Lipinski definition) is 7. The van der Waals surface area contributed by atoms with E-state index in [-0.39, 0.29) is 30.3 Å². The number of rotatable bonds is 6. The van der Waals surface area contributed by atoms with Crippen molar-refractivity contribution in [3.05, 3.63) is 58.9 Å². The lowest BCUT2D eigenvalue weighted by molar-refractivity contribution is 0.186. The van der Waals surface area contributed by atoms with Gasteiger partial charge in [-0.2, -0.15) is 15.5 Å². The third kappa shape index (κ3) is 4.83. The Morgan fingerprint density at radius 2 is 2.09 bits per heavy atom. The van der Waals surface area contributed by atoms with E-state index in [9.17, 15) is 13.6 Å². The molecule has 34 heavy (non-hydrogen) atoms. The molecule has 3 aromatic rings. The molecule has 1 aliphatic heterocycles. The second kappa shape index (κ2) is 9.62. The fourth-order valence-electron chi connectivity index (χ4n) is 3.64. The molecule has 10 nitrogen and oxygen atoms in total. The highest BCUT2D eigenvalue weighted by atomic mass is 19.1. The molecule has 1 atom stereocenters. The summed E-state index contributed by atoms with van der Waals surface area (Å²) < 4.78 is 29.6. The number of hydrazone groups is 1. The van der Waals surface area contributed by atoms with Gasteiger partial charge in [-0.05, 0) is 36.8 Å². The maximum absolute atomic E-state index is 14.2. The SMILES string of the molecule is Cc1cc(-c2nc(NCCNC(=O)N3N=CC[C@H]3c3cc(F)cc(C#N)c3)ncc2F)n(C)n1. The molecule has 0 fully saturated rings. The van der Waals surface area contributed by atoms with Crippen molar-refractivity contribution >= 4 is 18.2 Å². The van der Waals surface area contributed by atoms with Crippen LogP contribution in [0, 0.1) is 29.9 Å². The lowest BCUT2D eigenvalue weighted by atomic mass is 10.0. The van der Waals surface area contributed by atoms with Crippen molar-refractivity contribution in [3.8, 4) is 17.5 Å². The monoisotopic (exact) mass is 465 g/mol. The highest BCUT2D eigenvalue weighted by molar-refractivity contribution is 5.78. The van der Waals surface area contributed by atoms with E-state index >= 15 is 0 Å². The highest BCUT2D eigenvalue weighted by Gasteiger charge is 2.28. The summed E-state index contributed by atoms with van der Waals surface area (Å²) in [6.45, 7) is 2.27. The van der Waals surface area contributed by atoms with Crippen molar-refractivity contribution in [2.24, 2.45) is 12.1 Å². The van der Waals surface area contributed by atoms with Crippen molar-refractivity contribution in [1.29, 1.82) is 5.26 Å². The van der Waals surface area contributed by atoms with E-state index < -0.39 is 23.7 Å². The van der Waals surface area contributed by atoms with Gasteiger partial charge in [0.2, 0.25) is 5.95 Å². The van der Waals surface area contributed by atoms with E-state index in [0.29, 0.717) is 17.7 Å². The predicted octanol–water partition coefficient (Wildman–Crippen LogP) is 2.89. The van der Waals surface area contributed by atoms with Gasteiger partial charge in [-0.25, -0.2) is 28.6 Å². The van der Waals surface area contributed by atoms with Crippen LogP contribution in [0.15, 0.2) is 35.6 Å². The molecule has 174 valence electrons. The lowest BCUT2D eigenvalue weighted by Crippen LogP contribution is -2.39. The van der Waals surface area contributed by atoms with Crippen LogP contribution in [0.25, 0.3) is 11.4 Å². The van der Waals surface area contributed by atoms with E-state index in [1.165, 1.54) is 21.8 Å². The number of nitriles is 1. The van der Waals surface area contributed by atoms with E-state index in [1.54, 1.807) is 26.3 Å². The second-order valence-electron chi connectivity index (χ2n) is 7.62. The van der Waals surface area contributed by atoms with Crippen LogP contribution in [0.5, 0.6) is 0 Å². The van der Waals surface area contributed by atoms with E-state index in [2.05, 4.69) is 30.8 Å². The third-order valence-electron chi connectivity index (χ3n) is 5.15. The zero-order valence-corrected chi connectivity index (χ0v) is 18.5. The molecule has 0 unspecified atom stereocenters. The minimum Gasteiger partial charge on any atom is -0.352 e. The smallest absolute Gasteiger partial charge is 0.338 e. The van der Waals surface area contributed by atoms with Gasteiger partial charge < -0.3 is 10.6 Å². The van der Waals surface area contributed by atoms with Gasteiger partial charge in [0.25, 0.3) is 0 Å². The Labute approximate surface area is 193 Å². The molecule has 12 heteroatoms. The van der Waals surface area contributed by atoms with Crippen LogP contribution in [-0.4, -0.2) is 50.1 Å². The van der Waals surface area contributed by atoms with E-state index in [4.69, 9.17) is 5.26 Å². The van der Waals surface area contributed by atoms with Crippen LogP contribution in [-0.2, 0) is 7.05 Å². The van der Waals surface area contributed by atoms with Crippen LogP contribution in [0.2, 0.25) is 0 Å². The largest absolute Gasteiger partial charge is 0.352 e. The topological polar surface area (TPSA) is 124 Å². The number of nitrogens with zero attached hydrogens (tertiary/aromatic N) is 7. The molecule has 0 aliphatic carbocycles. The standard InChI is InChI=1S/C22H21F2N9O/c1-13-7-19(32(2)31-13)20-17(24)12-28-21(30-20)26-5-6-27-22(34)33-18(3-4-29-33)15-8-14(11-25)9-16(23)10-15/h4,7-10,12,18H,3,5-6H2,1-2H3,(H,27,34)(H,26,28,30)/t18-/m0/s1. The molecule has 0 spiro atoms. The number of carbonyl (C=O) groups is 1. The fourth-order valence-corrected chi connectivity index (χ4v) is 3.64. The van der Waals surface area contributed by atoms with Gasteiger partial charge in [-0.15, -0.1) is 0 Å². The number of amides is 2. The first-order valence-electron chi connectivity index (χ1n) is 10.4. The molecule has 2 amide bonds. The number of nitrogens with one attached hydrogen (secondary N) is 2. The zero-order valence-electron chi connectivity index (χ0n) is 18.5. The number of anilines is 1. The van der Waals surface area contributed by atoms with Gasteiger partial charge in [0, 0.05) is 32.8 Å². The van der Waals surface area contributed by atoms with Gasteiger partial charge in [0.15, 0.2) is 5.82 Å². The minimum atomic E-state index is -0.573. The number of carbonyl (C=O) groups excluding carboxylic acids is 1. The molecule has 1 aromatic carbocycles. The lowest BCUT2D eigenvalue weighted by Gasteiger charge is -2.22. The molecule has 0 saturated carbocycles. The molecule has 1 aliphatic rings. The Bertz CT molecular complexity index is 1300. The molecule has 2 N–H and O–H groups in total. The van der Waals surface area contributed by atoms with E-state index in [1.807, 2.05) is 6.07 Å². The van der Waals surface area contributed by atoms with Gasteiger partial charge in [0.1, 0.15) is 11.5 Å². The molecular weight excluding hydrogens is 444 g/mol. The Morgan fingerprint density at radius 1 is 1.26 bits per heavy atom. The fraction of sp³-hybridized carbons (Fsp3) is 0.273. The molecule has 0 radical (unpaired) electrons. The Balaban J connectivity index is 1.35. The van der Waals surface area contributed by atoms with Crippen molar-refractivity contribution in [1.82, 2.24) is 30.1 Å². The summed E-state index contributed by atoms with van der Waals surface area (Å²) in [7, 11) is 1.70. The molecule has 2 aromatic heterocycles. The van der Waals surface area contributed by atoms with E-state index in [0.717, 1.165) is 18.0 Å². The molecular formula is C22H21F2N9O. The summed E-state index contributed by atoms with van der Waals surface area (Å²) in [6, 6.07) is 6.60. The van der Waals surface area contributed by atoms with Crippen LogP contribution in [0.1, 0.15) is 29.3 Å². The number of hydrogen-bond donors (Lipinski definition) is 2. The van der Waals surface area contributed by atoms with Gasteiger partial charge in [-0.1, -0.05) is 0 Å². The van der Waals surface area contributed by atoms with Crippen LogP contribution in [0.3, 0.4) is 0 Å². The van der Waals surface area contributed by atoms with Gasteiger partial charge in [-0.3, -0.25) is 4.68 Å². The predicted molar refractivity (Wildman–Crippen MR) is 120 cm³/mol. The van der Waals surface area contributed by atoms with Crippen LogP contribution in [0.4, 0.5) is 19.5 Å². The summed E-state index contributed by atoms with van der Waals surface area (Å²) in [5.41, 5.74) is 2.03. The Kier molecular flexibility index (Phi) is 6.44. The van der Waals surface area contributed by atoms with Crippen LogP contribution < -0.4 is 10.6 Å². The quantitative estimate of drug-likeness (QED) is 0.540. The second-order valence-corrected chi connectivity index (χ2v) is 7.62. The first-order valence-corrected chi connectivity index (χ1v) is 10.4. The number of aryl methyl sites for hydroxylation is 2. The number of aromatic nitrogens is 4. The number of benzene rings is 1. The zero-order chi connectivity index (χ0) is 24.2. The number of halogens is 2. The normalized spacial score (nSPS) is 14.8. The van der Waals surface area contributed by atoms with Crippen molar-refractivity contribution in [2.45, 2.75) is 19.4 Å². The summed E-state index contributed by atoms with van der Waals surface area (Å²) in [5, 5.41) is 24.2. The first-order chi connectivity index (χ1) is 16.4. The van der Waals surface area contributed by atoms with Crippen molar-refractivity contribution < 1.29 is 13.6 Å². The van der Waals surface area contributed by atoms with Crippen molar-refractivity contribution in [2.75, 3.05) is 18.4 Å². The van der Waals surface area contributed by atoms with Crippen molar-refractivity contribution in [3.63, 3.8) is 0 Å². The molecule has 4 rings (SSSR count). The highest BCUT2D eigenvalue weighted by Crippen LogP contribution is 2.29. The van der Waals surface area contributed by atoms with Gasteiger partial charge in [0.05, 0.1) is 35.3 Å². The Morgan fingerprint density at radius 3 is 2.82 bits per heavy atom. The third-order valence-corrected chi connectivity index (χ3v) is 5.15. The minimum absolute atomic E-state index is 0.116. The summed E-state index contributed by atoms with van der Waals surface area (Å²) >= 11 is 0. The maximum atomic E-state index is 14.2. The average Bonchev–Trinajstić information content (AvgIpc) is 3.43. The average molecular weight is 465 g/mol. The summed E-state index contributed by atoms with van der Waals surface area (Å²) in [5.74, 6) is -0.924. The molecule has 0 saturated heterocycles. The summed E-state index contributed by atoms with van der Waals surface area (Å²) in [4.78, 5) is 20.8. The first kappa shape index (κ1) is 22.8. The summed E-state index contributed by atoms with van der Waals surface area (Å²) in [6.07, 6.45) is 3.04. The van der Waals surface area contributed by atoms with Gasteiger partial charge >= 0.3 is 6.03 Å². The van der Waals surface area contributed by atoms with Crippen LogP contribution >= 0.6 is 0 Å². The maximum Gasteiger partial charge on any atom is 0.338 e. The number of urea groups is 1. The Hall–Kier alpha value is -4.40.